The molecular formula is C58H34N6O. The van der Waals surface area contributed by atoms with Gasteiger partial charge in [-0.2, -0.15) is 15.2 Å². The molecule has 7 nitrogen and oxygen atoms in total. The minimum absolute atomic E-state index is 0.458. The van der Waals surface area contributed by atoms with E-state index < -0.39 is 0 Å². The van der Waals surface area contributed by atoms with E-state index >= 15 is 0 Å². The summed E-state index contributed by atoms with van der Waals surface area (Å²) in [5.41, 5.74) is 12.9. The van der Waals surface area contributed by atoms with Gasteiger partial charge in [-0.25, -0.2) is 4.98 Å². The van der Waals surface area contributed by atoms with Crippen LogP contribution in [0.1, 0.15) is 5.56 Å². The highest BCUT2D eigenvalue weighted by Crippen LogP contribution is 2.42. The third-order valence-electron chi connectivity index (χ3n) is 12.6. The van der Waals surface area contributed by atoms with Gasteiger partial charge in [0.2, 0.25) is 5.95 Å². The van der Waals surface area contributed by atoms with Crippen molar-refractivity contribution in [2.45, 2.75) is 0 Å². The van der Waals surface area contributed by atoms with Crippen LogP contribution in [-0.2, 0) is 0 Å². The minimum atomic E-state index is 0.458. The molecule has 13 rings (SSSR count). The number of rotatable bonds is 6. The van der Waals surface area contributed by atoms with E-state index in [1.165, 1.54) is 0 Å². The molecule has 7 heteroatoms. The molecule has 0 amide bonds. The lowest BCUT2D eigenvalue weighted by Crippen LogP contribution is -2.07. The number of hydrogen-bond donors (Lipinski definition) is 0. The predicted octanol–water partition coefficient (Wildman–Crippen LogP) is 14.5. The van der Waals surface area contributed by atoms with Crippen molar-refractivity contribution >= 4 is 65.6 Å². The zero-order valence-corrected chi connectivity index (χ0v) is 34.7. The predicted molar refractivity (Wildman–Crippen MR) is 262 cm³/mol. The molecule has 9 aromatic carbocycles. The molecule has 4 aromatic heterocycles. The average Bonchev–Trinajstić information content (AvgIpc) is 4.04. The van der Waals surface area contributed by atoms with E-state index in [1.807, 2.05) is 91.0 Å². The molecule has 0 spiro atoms. The Bertz CT molecular complexity index is 3970. The first-order chi connectivity index (χ1) is 32.2. The summed E-state index contributed by atoms with van der Waals surface area (Å²) in [4.78, 5) is 15.6. The van der Waals surface area contributed by atoms with Gasteiger partial charge in [0.1, 0.15) is 17.2 Å². The van der Waals surface area contributed by atoms with Crippen molar-refractivity contribution in [1.82, 2.24) is 24.1 Å². The van der Waals surface area contributed by atoms with E-state index in [9.17, 15) is 5.26 Å². The third kappa shape index (κ3) is 5.78. The lowest BCUT2D eigenvalue weighted by molar-refractivity contribution is 0.669. The quantitative estimate of drug-likeness (QED) is 0.167. The Hall–Kier alpha value is -9.12. The maximum Gasteiger partial charge on any atom is 0.238 e. The van der Waals surface area contributed by atoms with Crippen LogP contribution in [0.25, 0.3) is 122 Å². The Morgan fingerprint density at radius 3 is 1.60 bits per heavy atom. The van der Waals surface area contributed by atoms with Gasteiger partial charge in [0.05, 0.1) is 38.7 Å². The first kappa shape index (κ1) is 36.5. The number of furan rings is 1. The Morgan fingerprint density at radius 2 is 0.938 bits per heavy atom. The van der Waals surface area contributed by atoms with E-state index in [4.69, 9.17) is 19.4 Å². The Labute approximate surface area is 372 Å². The zero-order valence-electron chi connectivity index (χ0n) is 34.7. The molecule has 0 radical (unpaired) electrons. The van der Waals surface area contributed by atoms with Crippen molar-refractivity contribution in [3.05, 3.63) is 212 Å². The number of para-hydroxylation sites is 2. The first-order valence-electron chi connectivity index (χ1n) is 21.6. The Balaban J connectivity index is 1.04. The first-order valence-corrected chi connectivity index (χ1v) is 21.6. The maximum absolute atomic E-state index is 11.0. The van der Waals surface area contributed by atoms with Gasteiger partial charge in [0.25, 0.3) is 0 Å². The molecule has 0 aliphatic rings. The lowest BCUT2D eigenvalue weighted by atomic mass is 10.0. The van der Waals surface area contributed by atoms with Crippen LogP contribution in [0.15, 0.2) is 211 Å². The second kappa shape index (κ2) is 14.5. The molecule has 0 atom stereocenters. The summed E-state index contributed by atoms with van der Waals surface area (Å²) in [5, 5.41) is 17.4. The van der Waals surface area contributed by atoms with E-state index in [0.29, 0.717) is 28.7 Å². The molecule has 0 unspecified atom stereocenters. The topological polar surface area (TPSA) is 85.5 Å². The molecule has 302 valence electrons. The molecule has 0 bridgehead atoms. The van der Waals surface area contributed by atoms with E-state index in [-0.39, 0.29) is 0 Å². The monoisotopic (exact) mass is 830 g/mol. The van der Waals surface area contributed by atoms with Gasteiger partial charge in [-0.3, -0.25) is 4.57 Å². The van der Waals surface area contributed by atoms with Crippen LogP contribution in [0, 0.1) is 11.3 Å². The molecule has 0 N–H and O–H groups in total. The molecule has 13 aromatic rings. The van der Waals surface area contributed by atoms with E-state index in [2.05, 4.69) is 130 Å². The number of benzene rings is 9. The zero-order chi connectivity index (χ0) is 43.0. The number of nitrogens with zero attached hydrogens (tertiary/aromatic N) is 6. The maximum atomic E-state index is 11.0. The molecule has 4 heterocycles. The number of aromatic nitrogens is 5. The van der Waals surface area contributed by atoms with Crippen molar-refractivity contribution in [3.63, 3.8) is 0 Å². The van der Waals surface area contributed by atoms with Crippen LogP contribution in [0.2, 0.25) is 0 Å². The molecular weight excluding hydrogens is 797 g/mol. The van der Waals surface area contributed by atoms with Gasteiger partial charge in [-0.05, 0) is 89.0 Å². The highest BCUT2D eigenvalue weighted by molar-refractivity contribution is 6.24. The fraction of sp³-hybridized carbons (Fsp3) is 0. The highest BCUT2D eigenvalue weighted by Gasteiger charge is 2.23. The summed E-state index contributed by atoms with van der Waals surface area (Å²) in [6.45, 7) is 0. The van der Waals surface area contributed by atoms with Crippen molar-refractivity contribution in [3.8, 4) is 62.7 Å². The normalized spacial score (nSPS) is 11.7. The molecule has 0 aliphatic carbocycles. The van der Waals surface area contributed by atoms with Gasteiger partial charge in [-0.1, -0.05) is 140 Å². The van der Waals surface area contributed by atoms with Gasteiger partial charge < -0.3 is 8.98 Å². The van der Waals surface area contributed by atoms with Crippen molar-refractivity contribution in [1.29, 1.82) is 5.26 Å². The van der Waals surface area contributed by atoms with Gasteiger partial charge in [-0.15, -0.1) is 0 Å². The van der Waals surface area contributed by atoms with Crippen molar-refractivity contribution < 1.29 is 4.42 Å². The van der Waals surface area contributed by atoms with Crippen molar-refractivity contribution in [2.75, 3.05) is 0 Å². The summed E-state index contributed by atoms with van der Waals surface area (Å²) in [7, 11) is 0. The number of nitriles is 1. The Morgan fingerprint density at radius 1 is 0.385 bits per heavy atom. The fourth-order valence-electron chi connectivity index (χ4n) is 9.64. The molecule has 0 saturated carbocycles. The Kier molecular flexibility index (Phi) is 8.14. The summed E-state index contributed by atoms with van der Waals surface area (Å²) in [6, 6.07) is 73.3. The summed E-state index contributed by atoms with van der Waals surface area (Å²) >= 11 is 0. The minimum Gasteiger partial charge on any atom is -0.456 e. The van der Waals surface area contributed by atoms with Crippen LogP contribution in [0.5, 0.6) is 0 Å². The number of fused-ring (bicyclic) bond motifs is 10. The largest absolute Gasteiger partial charge is 0.456 e. The fourth-order valence-corrected chi connectivity index (χ4v) is 9.64. The van der Waals surface area contributed by atoms with Gasteiger partial charge >= 0.3 is 0 Å². The summed E-state index contributed by atoms with van der Waals surface area (Å²) in [5.74, 6) is 1.47. The smallest absolute Gasteiger partial charge is 0.238 e. The third-order valence-corrected chi connectivity index (χ3v) is 12.6. The standard InChI is InChI=1S/C58H34N6O/c59-35-42-32-41(26-28-48(42)63-49-22-12-10-20-43(49)44-27-31-53-54(55(44)63)45-21-11-13-23-52(45)65-53)57-60-56(38-18-8-3-9-19-38)61-58(62-57)64-50-29-24-39(36-14-4-1-5-15-36)33-46(50)47-34-40(25-30-51(47)64)37-16-6-2-7-17-37/h1-34H. The summed E-state index contributed by atoms with van der Waals surface area (Å²) in [6.07, 6.45) is 0. The lowest BCUT2D eigenvalue weighted by Gasteiger charge is -2.14. The number of hydrogen-bond acceptors (Lipinski definition) is 5. The second-order valence-electron chi connectivity index (χ2n) is 16.3. The van der Waals surface area contributed by atoms with Gasteiger partial charge in [0.15, 0.2) is 11.6 Å². The van der Waals surface area contributed by atoms with Gasteiger partial charge in [0, 0.05) is 38.1 Å². The average molecular weight is 831 g/mol. The van der Waals surface area contributed by atoms with Crippen LogP contribution in [-0.4, -0.2) is 24.1 Å². The van der Waals surface area contributed by atoms with Crippen LogP contribution in [0.3, 0.4) is 0 Å². The highest BCUT2D eigenvalue weighted by atomic mass is 16.3. The van der Waals surface area contributed by atoms with E-state index in [1.54, 1.807) is 0 Å². The van der Waals surface area contributed by atoms with Crippen LogP contribution < -0.4 is 0 Å². The SMILES string of the molecule is N#Cc1cc(-c2nc(-c3ccccc3)nc(-n3c4ccc(-c5ccccc5)cc4c4cc(-c5ccccc5)ccc43)n2)ccc1-n1c2ccccc2c2ccc3oc4ccccc4c3c21. The summed E-state index contributed by atoms with van der Waals surface area (Å²) < 4.78 is 10.7. The molecule has 65 heavy (non-hydrogen) atoms. The van der Waals surface area contributed by atoms with Crippen LogP contribution >= 0.6 is 0 Å². The second-order valence-corrected chi connectivity index (χ2v) is 16.3. The molecule has 0 fully saturated rings. The van der Waals surface area contributed by atoms with Crippen LogP contribution in [0.4, 0.5) is 0 Å². The molecule has 0 aliphatic heterocycles. The van der Waals surface area contributed by atoms with E-state index in [0.717, 1.165) is 99.1 Å². The molecule has 0 saturated heterocycles. The van der Waals surface area contributed by atoms with Crippen molar-refractivity contribution in [2.24, 2.45) is 0 Å².